The summed E-state index contributed by atoms with van der Waals surface area (Å²) in [5, 5.41) is 15.3. The Labute approximate surface area is 319 Å². The molecule has 1 aliphatic heterocycles. The van der Waals surface area contributed by atoms with Crippen molar-refractivity contribution in [2.45, 2.75) is 88.4 Å². The molecule has 2 aromatic heterocycles. The lowest BCUT2D eigenvalue weighted by Gasteiger charge is -2.27. The van der Waals surface area contributed by atoms with E-state index in [1.54, 1.807) is 6.20 Å². The van der Waals surface area contributed by atoms with Gasteiger partial charge in [-0.05, 0) is 42.9 Å². The van der Waals surface area contributed by atoms with Crippen molar-refractivity contribution in [3.63, 3.8) is 0 Å². The second kappa shape index (κ2) is 20.3. The second-order valence-corrected chi connectivity index (χ2v) is 13.7. The number of imidazole rings is 1. The summed E-state index contributed by atoms with van der Waals surface area (Å²) in [4.78, 5) is 83.4. The number of carbonyl (C=O) groups is 5. The fourth-order valence-corrected chi connectivity index (χ4v) is 6.57. The summed E-state index contributed by atoms with van der Waals surface area (Å²) in [6.07, 6.45) is 8.67. The molecule has 3 heterocycles. The highest BCUT2D eigenvalue weighted by Crippen LogP contribution is 2.19. The van der Waals surface area contributed by atoms with Crippen LogP contribution < -0.4 is 38.1 Å². The number of H-pyrrole nitrogens is 2. The molecule has 0 aliphatic carbocycles. The normalized spacial score (nSPS) is 21.1. The smallest absolute Gasteiger partial charge is 0.243 e. The van der Waals surface area contributed by atoms with Crippen molar-refractivity contribution < 1.29 is 24.0 Å². The average Bonchev–Trinajstić information content (AvgIpc) is 3.84. The van der Waals surface area contributed by atoms with Crippen molar-refractivity contribution in [1.29, 1.82) is 0 Å². The van der Waals surface area contributed by atoms with Crippen LogP contribution in [0.5, 0.6) is 0 Å². The lowest BCUT2D eigenvalue weighted by Crippen LogP contribution is -2.59. The number of amides is 5. The molecule has 0 spiro atoms. The number of nitrogens with zero attached hydrogens (tertiary/aromatic N) is 2. The Kier molecular flexibility index (Phi) is 14.8. The minimum Gasteiger partial charge on any atom is -0.370 e. The predicted octanol–water partition coefficient (Wildman–Crippen LogP) is 0.992. The molecule has 5 rings (SSSR count). The predicted molar refractivity (Wildman–Crippen MR) is 208 cm³/mol. The van der Waals surface area contributed by atoms with Crippen LogP contribution in [0.1, 0.15) is 61.8 Å². The summed E-state index contributed by atoms with van der Waals surface area (Å²) >= 11 is 0. The first-order chi connectivity index (χ1) is 26.7. The Morgan fingerprint density at radius 2 is 1.38 bits per heavy atom. The van der Waals surface area contributed by atoms with E-state index in [0.29, 0.717) is 31.5 Å². The van der Waals surface area contributed by atoms with Gasteiger partial charge in [-0.15, -0.1) is 0 Å². The number of hydrogen-bond donors (Lipinski definition) is 9. The van der Waals surface area contributed by atoms with E-state index in [0.717, 1.165) is 34.9 Å². The Bertz CT molecular complexity index is 1910. The quantitative estimate of drug-likeness (QED) is 0.0640. The van der Waals surface area contributed by atoms with E-state index >= 15 is 0 Å². The van der Waals surface area contributed by atoms with Gasteiger partial charge in [0, 0.05) is 67.8 Å². The van der Waals surface area contributed by atoms with E-state index in [1.165, 1.54) is 6.33 Å². The molecule has 55 heavy (non-hydrogen) atoms. The summed E-state index contributed by atoms with van der Waals surface area (Å²) in [6.45, 7) is 0.567. The highest BCUT2D eigenvalue weighted by atomic mass is 16.2. The Morgan fingerprint density at radius 1 is 0.709 bits per heavy atom. The van der Waals surface area contributed by atoms with Crippen molar-refractivity contribution in [2.75, 3.05) is 13.1 Å². The first kappa shape index (κ1) is 40.0. The third-order valence-corrected chi connectivity index (χ3v) is 9.49. The lowest BCUT2D eigenvalue weighted by molar-refractivity contribution is -0.134. The van der Waals surface area contributed by atoms with Crippen LogP contribution in [0.2, 0.25) is 0 Å². The molecule has 292 valence electrons. The van der Waals surface area contributed by atoms with Gasteiger partial charge >= 0.3 is 0 Å². The van der Waals surface area contributed by atoms with Crippen LogP contribution in [0.4, 0.5) is 0 Å². The first-order valence-electron chi connectivity index (χ1n) is 18.8. The molecule has 0 saturated carbocycles. The summed E-state index contributed by atoms with van der Waals surface area (Å²) in [6, 6.07) is 12.6. The number of carbonyl (C=O) groups excluding carboxylic acids is 5. The minimum absolute atomic E-state index is 0.0943. The molecule has 5 amide bonds. The van der Waals surface area contributed by atoms with E-state index in [-0.39, 0.29) is 56.4 Å². The number of nitrogens with one attached hydrogen (secondary N) is 7. The third-order valence-electron chi connectivity index (χ3n) is 9.49. The SMILES string of the molecule is NC(N)=NCCCC1NC(=O)[C@@H](Cc2ccccc2)NC(=O)C(Cc2cnc[nH]2)NC(=O)CCCCCCNC(=O)C(Cc2c[nH]c3ccccc23)NC1=O. The number of nitrogens with two attached hydrogens (primary N) is 2. The van der Waals surface area contributed by atoms with Gasteiger partial charge in [0.25, 0.3) is 0 Å². The Balaban J connectivity index is 1.44. The molecule has 16 heteroatoms. The van der Waals surface area contributed by atoms with Gasteiger partial charge in [-0.3, -0.25) is 29.0 Å². The largest absolute Gasteiger partial charge is 0.370 e. The van der Waals surface area contributed by atoms with Crippen molar-refractivity contribution in [3.8, 4) is 0 Å². The minimum atomic E-state index is -1.14. The molecule has 2 aromatic carbocycles. The topological polar surface area (TPSA) is 254 Å². The van der Waals surface area contributed by atoms with Crippen LogP contribution >= 0.6 is 0 Å². The molecule has 16 nitrogen and oxygen atoms in total. The maximum absolute atomic E-state index is 14.2. The van der Waals surface area contributed by atoms with Crippen LogP contribution in [0.15, 0.2) is 78.3 Å². The zero-order chi connectivity index (χ0) is 39.0. The Hall–Kier alpha value is -6.19. The van der Waals surface area contributed by atoms with Gasteiger partial charge in [-0.1, -0.05) is 61.4 Å². The highest BCUT2D eigenvalue weighted by Gasteiger charge is 2.32. The van der Waals surface area contributed by atoms with Gasteiger partial charge < -0.3 is 48.0 Å². The van der Waals surface area contributed by atoms with Gasteiger partial charge in [0.2, 0.25) is 29.5 Å². The Morgan fingerprint density at radius 3 is 2.13 bits per heavy atom. The maximum Gasteiger partial charge on any atom is 0.243 e. The molecule has 0 bridgehead atoms. The lowest BCUT2D eigenvalue weighted by atomic mass is 10.0. The van der Waals surface area contributed by atoms with Crippen molar-refractivity contribution >= 4 is 46.4 Å². The number of guanidine groups is 1. The van der Waals surface area contributed by atoms with Gasteiger partial charge in [0.1, 0.15) is 24.2 Å². The maximum atomic E-state index is 14.2. The molecule has 3 unspecified atom stereocenters. The van der Waals surface area contributed by atoms with Crippen LogP contribution in [-0.2, 0) is 43.2 Å². The molecular formula is C39H51N11O5. The molecule has 4 aromatic rings. The molecule has 4 atom stereocenters. The molecular weight excluding hydrogens is 703 g/mol. The van der Waals surface area contributed by atoms with Gasteiger partial charge in [0.05, 0.1) is 6.33 Å². The van der Waals surface area contributed by atoms with Crippen molar-refractivity contribution in [3.05, 3.63) is 90.1 Å². The number of hydrogen-bond acceptors (Lipinski definition) is 7. The number of aromatic nitrogens is 3. The van der Waals surface area contributed by atoms with E-state index in [1.807, 2.05) is 60.8 Å². The molecule has 1 saturated heterocycles. The van der Waals surface area contributed by atoms with Gasteiger partial charge in [-0.2, -0.15) is 0 Å². The molecule has 11 N–H and O–H groups in total. The third kappa shape index (κ3) is 12.4. The first-order valence-corrected chi connectivity index (χ1v) is 18.8. The monoisotopic (exact) mass is 753 g/mol. The van der Waals surface area contributed by atoms with Crippen molar-refractivity contribution in [2.24, 2.45) is 16.5 Å². The van der Waals surface area contributed by atoms with Crippen LogP contribution in [0.3, 0.4) is 0 Å². The van der Waals surface area contributed by atoms with E-state index in [4.69, 9.17) is 11.5 Å². The highest BCUT2D eigenvalue weighted by molar-refractivity contribution is 5.96. The summed E-state index contributed by atoms with van der Waals surface area (Å²) in [5.74, 6) is -2.56. The molecule has 1 fully saturated rings. The fourth-order valence-electron chi connectivity index (χ4n) is 6.57. The zero-order valence-corrected chi connectivity index (χ0v) is 30.8. The van der Waals surface area contributed by atoms with Gasteiger partial charge in [-0.25, -0.2) is 4.98 Å². The summed E-state index contributed by atoms with van der Waals surface area (Å²) in [5.41, 5.74) is 14.2. The van der Waals surface area contributed by atoms with Crippen LogP contribution in [0, 0.1) is 0 Å². The van der Waals surface area contributed by atoms with E-state index in [2.05, 4.69) is 46.5 Å². The fraction of sp³-hybridized carbons (Fsp3) is 0.410. The summed E-state index contributed by atoms with van der Waals surface area (Å²) in [7, 11) is 0. The number of aromatic amines is 2. The van der Waals surface area contributed by atoms with Gasteiger partial charge in [0.15, 0.2) is 5.96 Å². The second-order valence-electron chi connectivity index (χ2n) is 13.7. The standard InChI is InChI=1S/C39H51N11O5/c40-39(41)44-18-10-15-30-36(53)50-32(20-26-22-45-29-14-8-7-13-28(26)29)35(52)43-17-9-2-1-6-16-34(51)47-33(21-27-23-42-24-46-27)38(55)49-31(37(54)48-30)19-25-11-4-3-5-12-25/h3-5,7-8,11-14,22-24,30-33,45H,1-2,6,9-10,15-21H2,(H,42,46)(H,43,52)(H,47,51)(H,48,54)(H,49,55)(H,50,53)(H4,40,41,44)/t30?,31-,32?,33?/m1/s1. The molecule has 1 aliphatic rings. The van der Waals surface area contributed by atoms with E-state index < -0.39 is 41.9 Å². The summed E-state index contributed by atoms with van der Waals surface area (Å²) < 4.78 is 0. The van der Waals surface area contributed by atoms with Crippen molar-refractivity contribution in [1.82, 2.24) is 41.5 Å². The number of aliphatic imine (C=N–C) groups is 1. The van der Waals surface area contributed by atoms with Crippen LogP contribution in [0.25, 0.3) is 10.9 Å². The average molecular weight is 754 g/mol. The number of benzene rings is 2. The zero-order valence-electron chi connectivity index (χ0n) is 30.8. The van der Waals surface area contributed by atoms with E-state index in [9.17, 15) is 24.0 Å². The number of fused-ring (bicyclic) bond motifs is 1. The molecule has 0 radical (unpaired) electrons. The van der Waals surface area contributed by atoms with Crippen LogP contribution in [-0.4, -0.2) is 87.7 Å². The number of rotatable bonds is 10. The number of para-hydroxylation sites is 1.